The molecule has 1 N–H and O–H groups in total. The molecule has 0 fully saturated rings. The molecule has 1 aromatic carbocycles. The fourth-order valence-electron chi connectivity index (χ4n) is 2.86. The smallest absolute Gasteiger partial charge is 0.175 e. The predicted molar refractivity (Wildman–Crippen MR) is 88.9 cm³/mol. The molecule has 0 atom stereocenters. The summed E-state index contributed by atoms with van der Waals surface area (Å²) in [6.45, 7) is 0. The van der Waals surface area contributed by atoms with E-state index in [0.29, 0.717) is 10.5 Å². The summed E-state index contributed by atoms with van der Waals surface area (Å²) in [5, 5.41) is 5.27. The maximum atomic E-state index is 11.6. The lowest BCUT2D eigenvalue weighted by Crippen LogP contribution is -1.96. The van der Waals surface area contributed by atoms with Crippen molar-refractivity contribution >= 4 is 31.8 Å². The zero-order valence-corrected chi connectivity index (χ0v) is 13.4. The molecule has 0 saturated heterocycles. The monoisotopic (exact) mass is 326 g/mol. The third-order valence-electron chi connectivity index (χ3n) is 3.96. The average Bonchev–Trinajstić information content (AvgIpc) is 3.10. The topological polar surface area (TPSA) is 80.6 Å². The predicted octanol–water partition coefficient (Wildman–Crippen LogP) is 2.52. The van der Waals surface area contributed by atoms with Crippen molar-refractivity contribution in [3.8, 4) is 11.3 Å². The molecule has 0 spiro atoms. The van der Waals surface area contributed by atoms with Crippen LogP contribution in [0.25, 0.3) is 33.2 Å². The Kier molecular flexibility index (Phi) is 2.83. The van der Waals surface area contributed by atoms with Gasteiger partial charge in [-0.1, -0.05) is 12.1 Å². The summed E-state index contributed by atoms with van der Waals surface area (Å²) in [5.41, 5.74) is 3.54. The molecule has 3 heterocycles. The van der Waals surface area contributed by atoms with E-state index in [9.17, 15) is 8.42 Å². The van der Waals surface area contributed by atoms with E-state index in [1.165, 1.54) is 6.26 Å². The minimum atomic E-state index is -3.20. The second kappa shape index (κ2) is 4.66. The number of benzene rings is 1. The second-order valence-electron chi connectivity index (χ2n) is 5.54. The van der Waals surface area contributed by atoms with Crippen molar-refractivity contribution in [2.75, 3.05) is 6.26 Å². The van der Waals surface area contributed by atoms with Crippen LogP contribution in [0.2, 0.25) is 0 Å². The molecule has 0 aliphatic carbocycles. The van der Waals surface area contributed by atoms with Gasteiger partial charge in [0.1, 0.15) is 0 Å². The van der Waals surface area contributed by atoms with E-state index in [0.717, 1.165) is 27.5 Å². The Morgan fingerprint density at radius 1 is 1.04 bits per heavy atom. The largest absolute Gasteiger partial charge is 0.297 e. The fourth-order valence-corrected chi connectivity index (χ4v) is 3.49. The molecule has 0 aliphatic rings. The normalized spacial score (nSPS) is 12.3. The quantitative estimate of drug-likeness (QED) is 0.614. The molecular weight excluding hydrogens is 312 g/mol. The fraction of sp³-hybridized carbons (Fsp3) is 0.125. The highest BCUT2D eigenvalue weighted by molar-refractivity contribution is 7.90. The third kappa shape index (κ3) is 2.12. The van der Waals surface area contributed by atoms with Crippen molar-refractivity contribution in [3.05, 3.63) is 42.7 Å². The van der Waals surface area contributed by atoms with E-state index in [4.69, 9.17) is 0 Å². The van der Waals surface area contributed by atoms with Crippen LogP contribution in [0.15, 0.2) is 47.6 Å². The Bertz CT molecular complexity index is 1140. The maximum absolute atomic E-state index is 11.6. The van der Waals surface area contributed by atoms with E-state index >= 15 is 0 Å². The van der Waals surface area contributed by atoms with Crippen molar-refractivity contribution in [2.45, 2.75) is 4.90 Å². The SMILES string of the molecule is Cn1[nH]c(-c2ccc(S(C)(=O)=O)cc2)c2cnc3nccc3c21. The van der Waals surface area contributed by atoms with Crippen LogP contribution in [0.4, 0.5) is 0 Å². The first-order valence-electron chi connectivity index (χ1n) is 7.04. The van der Waals surface area contributed by atoms with Crippen LogP contribution < -0.4 is 0 Å². The van der Waals surface area contributed by atoms with Crippen LogP contribution in [0.1, 0.15) is 0 Å². The van der Waals surface area contributed by atoms with Gasteiger partial charge in [0, 0.05) is 42.0 Å². The lowest BCUT2D eigenvalue weighted by molar-refractivity contribution is 0.602. The zero-order valence-electron chi connectivity index (χ0n) is 12.6. The molecule has 116 valence electrons. The van der Waals surface area contributed by atoms with Gasteiger partial charge in [0.05, 0.1) is 16.1 Å². The molecule has 0 aliphatic heterocycles. The van der Waals surface area contributed by atoms with Crippen molar-refractivity contribution in [1.29, 1.82) is 0 Å². The van der Waals surface area contributed by atoms with E-state index in [1.54, 1.807) is 36.7 Å². The molecular formula is C16H14N4O2S. The molecule has 3 aromatic heterocycles. The first-order chi connectivity index (χ1) is 10.9. The van der Waals surface area contributed by atoms with E-state index in [-0.39, 0.29) is 0 Å². The summed E-state index contributed by atoms with van der Waals surface area (Å²) in [6, 6.07) is 8.78. The van der Waals surface area contributed by atoms with Gasteiger partial charge in [-0.15, -0.1) is 0 Å². The number of rotatable bonds is 2. The molecule has 4 rings (SSSR count). The Balaban J connectivity index is 1.96. The molecule has 23 heavy (non-hydrogen) atoms. The number of hydrogen-bond donors (Lipinski definition) is 1. The maximum Gasteiger partial charge on any atom is 0.175 e. The zero-order chi connectivity index (χ0) is 16.2. The van der Waals surface area contributed by atoms with Gasteiger partial charge in [0.25, 0.3) is 0 Å². The number of aromatic amines is 1. The average molecular weight is 326 g/mol. The summed E-state index contributed by atoms with van der Waals surface area (Å²) in [7, 11) is -1.26. The molecule has 7 heteroatoms. The van der Waals surface area contributed by atoms with E-state index in [2.05, 4.69) is 15.1 Å². The number of sulfone groups is 1. The van der Waals surface area contributed by atoms with Gasteiger partial charge in [-0.25, -0.2) is 18.4 Å². The first kappa shape index (κ1) is 14.0. The summed E-state index contributed by atoms with van der Waals surface area (Å²) in [5.74, 6) is 0. The number of fused-ring (bicyclic) bond motifs is 3. The van der Waals surface area contributed by atoms with E-state index < -0.39 is 9.84 Å². The van der Waals surface area contributed by atoms with Crippen molar-refractivity contribution < 1.29 is 8.42 Å². The summed E-state index contributed by atoms with van der Waals surface area (Å²) < 4.78 is 25.1. The number of hydrogen-bond acceptors (Lipinski definition) is 4. The number of nitrogens with one attached hydrogen (secondary N) is 1. The van der Waals surface area contributed by atoms with E-state index in [1.807, 2.05) is 17.8 Å². The van der Waals surface area contributed by atoms with Crippen LogP contribution in [-0.4, -0.2) is 34.4 Å². The molecule has 0 amide bonds. The highest BCUT2D eigenvalue weighted by atomic mass is 32.2. The van der Waals surface area contributed by atoms with Gasteiger partial charge < -0.3 is 0 Å². The molecule has 6 nitrogen and oxygen atoms in total. The number of pyridine rings is 1. The van der Waals surface area contributed by atoms with Crippen LogP contribution in [0, 0.1) is 0 Å². The standard InChI is InChI=1S/C16H14N4O2S/c1-20-15-12-7-8-17-16(12)18-9-13(15)14(19-20)10-3-5-11(6-4-10)23(2,21)22/h3-9,19H,1-2H3. The van der Waals surface area contributed by atoms with Crippen LogP contribution in [0.5, 0.6) is 0 Å². The summed E-state index contributed by atoms with van der Waals surface area (Å²) in [6.07, 6.45) is 4.74. The Hall–Kier alpha value is -2.67. The highest BCUT2D eigenvalue weighted by Crippen LogP contribution is 2.31. The Morgan fingerprint density at radius 3 is 2.48 bits per heavy atom. The van der Waals surface area contributed by atoms with Crippen molar-refractivity contribution in [2.24, 2.45) is 7.05 Å². The third-order valence-corrected chi connectivity index (χ3v) is 5.09. The summed E-state index contributed by atoms with van der Waals surface area (Å²) >= 11 is 0. The molecule has 4 aromatic rings. The lowest BCUT2D eigenvalue weighted by Gasteiger charge is -2.02. The van der Waals surface area contributed by atoms with Gasteiger partial charge in [0.2, 0.25) is 0 Å². The van der Waals surface area contributed by atoms with Crippen molar-refractivity contribution in [3.63, 3.8) is 0 Å². The lowest BCUT2D eigenvalue weighted by atomic mass is 10.1. The molecule has 0 unspecified atom stereocenters. The van der Waals surface area contributed by atoms with Gasteiger partial charge in [-0.3, -0.25) is 9.78 Å². The van der Waals surface area contributed by atoms with Crippen LogP contribution >= 0.6 is 0 Å². The molecule has 0 bridgehead atoms. The molecule has 0 radical (unpaired) electrons. The minimum absolute atomic E-state index is 0.308. The van der Waals surface area contributed by atoms with Gasteiger partial charge in [-0.05, 0) is 18.2 Å². The Morgan fingerprint density at radius 2 is 1.78 bits per heavy atom. The number of nitrogens with zero attached hydrogens (tertiary/aromatic N) is 3. The van der Waals surface area contributed by atoms with Gasteiger partial charge in [-0.2, -0.15) is 0 Å². The first-order valence-corrected chi connectivity index (χ1v) is 8.93. The van der Waals surface area contributed by atoms with Crippen molar-refractivity contribution in [1.82, 2.24) is 19.7 Å². The number of H-pyrrole nitrogens is 1. The second-order valence-corrected chi connectivity index (χ2v) is 7.56. The van der Waals surface area contributed by atoms with Gasteiger partial charge in [0.15, 0.2) is 15.5 Å². The minimum Gasteiger partial charge on any atom is -0.297 e. The van der Waals surface area contributed by atoms with Crippen LogP contribution in [-0.2, 0) is 16.9 Å². The van der Waals surface area contributed by atoms with Gasteiger partial charge >= 0.3 is 0 Å². The number of aryl methyl sites for hydroxylation is 1. The van der Waals surface area contributed by atoms with Crippen LogP contribution in [0.3, 0.4) is 0 Å². The Labute approximate surface area is 132 Å². The number of aromatic nitrogens is 4. The summed E-state index contributed by atoms with van der Waals surface area (Å²) in [4.78, 5) is 8.92. The molecule has 0 saturated carbocycles. The highest BCUT2D eigenvalue weighted by Gasteiger charge is 2.14.